The van der Waals surface area contributed by atoms with E-state index in [1.165, 1.54) is 16.2 Å². The van der Waals surface area contributed by atoms with Crippen molar-refractivity contribution in [3.8, 4) is 0 Å². The Morgan fingerprint density at radius 1 is 1.63 bits per heavy atom. The number of carbonyl (C=O) groups excluding carboxylic acids is 1. The van der Waals surface area contributed by atoms with Gasteiger partial charge in [0.25, 0.3) is 0 Å². The molecule has 2 N–H and O–H groups in total. The smallest absolute Gasteiger partial charge is 0.326 e. The summed E-state index contributed by atoms with van der Waals surface area (Å²) in [5.41, 5.74) is 2.49. The molecule has 19 heavy (non-hydrogen) atoms. The first-order chi connectivity index (χ1) is 9.09. The maximum absolute atomic E-state index is 12.1. The van der Waals surface area contributed by atoms with Gasteiger partial charge in [-0.1, -0.05) is 6.92 Å². The second kappa shape index (κ2) is 6.01. The van der Waals surface area contributed by atoms with Crippen molar-refractivity contribution in [1.29, 1.82) is 0 Å². The fourth-order valence-corrected chi connectivity index (χ4v) is 2.94. The van der Waals surface area contributed by atoms with Crippen LogP contribution in [0.1, 0.15) is 25.5 Å². The molecule has 2 atom stereocenters. The zero-order valence-electron chi connectivity index (χ0n) is 10.7. The molecule has 0 aromatic carbocycles. The molecule has 0 aliphatic carbocycles. The molecule has 1 fully saturated rings. The predicted octanol–water partition coefficient (Wildman–Crippen LogP) is 1.54. The lowest BCUT2D eigenvalue weighted by Gasteiger charge is -2.37. The van der Waals surface area contributed by atoms with Crippen molar-refractivity contribution in [3.63, 3.8) is 0 Å². The zero-order valence-corrected chi connectivity index (χ0v) is 11.5. The molecular weight excluding hydrogens is 266 g/mol. The van der Waals surface area contributed by atoms with Gasteiger partial charge in [0.05, 0.1) is 17.7 Å². The molecule has 1 aliphatic rings. The molecule has 2 heterocycles. The van der Waals surface area contributed by atoms with Crippen molar-refractivity contribution in [3.05, 3.63) is 16.6 Å². The van der Waals surface area contributed by atoms with E-state index in [0.29, 0.717) is 13.1 Å². The standard InChI is InChI=1S/C12H17N3O3S/c1-8-3-2-4-15(10(8)11(16)17)12(18)13-5-9-6-19-7-14-9/h6-8,10H,2-5H2,1H3,(H,13,18)(H,16,17). The van der Waals surface area contributed by atoms with Crippen molar-refractivity contribution >= 4 is 23.3 Å². The minimum Gasteiger partial charge on any atom is -0.480 e. The Kier molecular flexibility index (Phi) is 4.36. The Morgan fingerprint density at radius 2 is 2.42 bits per heavy atom. The summed E-state index contributed by atoms with van der Waals surface area (Å²) >= 11 is 1.46. The predicted molar refractivity (Wildman–Crippen MR) is 70.9 cm³/mol. The van der Waals surface area contributed by atoms with E-state index in [0.717, 1.165) is 18.5 Å². The molecule has 0 bridgehead atoms. The lowest BCUT2D eigenvalue weighted by Crippen LogP contribution is -2.54. The number of hydrogen-bond acceptors (Lipinski definition) is 4. The van der Waals surface area contributed by atoms with E-state index in [9.17, 15) is 14.7 Å². The minimum atomic E-state index is -0.934. The maximum Gasteiger partial charge on any atom is 0.326 e. The Balaban J connectivity index is 1.97. The number of aromatic nitrogens is 1. The Morgan fingerprint density at radius 3 is 3.05 bits per heavy atom. The molecule has 2 unspecified atom stereocenters. The van der Waals surface area contributed by atoms with Crippen molar-refractivity contribution in [2.75, 3.05) is 6.54 Å². The van der Waals surface area contributed by atoms with Crippen LogP contribution in [0, 0.1) is 5.92 Å². The van der Waals surface area contributed by atoms with Gasteiger partial charge >= 0.3 is 12.0 Å². The van der Waals surface area contributed by atoms with Gasteiger partial charge in [0.15, 0.2) is 0 Å². The molecule has 2 rings (SSSR count). The summed E-state index contributed by atoms with van der Waals surface area (Å²) in [5.74, 6) is -0.952. The zero-order chi connectivity index (χ0) is 13.8. The third kappa shape index (κ3) is 3.23. The Bertz CT molecular complexity index is 449. The van der Waals surface area contributed by atoms with Crippen molar-refractivity contribution in [1.82, 2.24) is 15.2 Å². The molecule has 1 aliphatic heterocycles. The van der Waals surface area contributed by atoms with Crippen LogP contribution in [0.3, 0.4) is 0 Å². The second-order valence-electron chi connectivity index (χ2n) is 4.73. The summed E-state index contributed by atoms with van der Waals surface area (Å²) in [7, 11) is 0. The Labute approximate surface area is 115 Å². The number of carboxylic acid groups (broad SMARTS) is 1. The van der Waals surface area contributed by atoms with Gasteiger partial charge in [-0.15, -0.1) is 11.3 Å². The highest BCUT2D eigenvalue weighted by atomic mass is 32.1. The number of nitrogens with one attached hydrogen (secondary N) is 1. The van der Waals surface area contributed by atoms with Crippen molar-refractivity contribution in [2.45, 2.75) is 32.4 Å². The molecular formula is C12H17N3O3S. The first kappa shape index (κ1) is 13.8. The van der Waals surface area contributed by atoms with Gasteiger partial charge in [0, 0.05) is 11.9 Å². The molecule has 0 radical (unpaired) electrons. The highest BCUT2D eigenvalue weighted by Gasteiger charge is 2.36. The lowest BCUT2D eigenvalue weighted by atomic mass is 9.91. The van der Waals surface area contributed by atoms with Gasteiger partial charge in [-0.3, -0.25) is 0 Å². The van der Waals surface area contributed by atoms with E-state index >= 15 is 0 Å². The van der Waals surface area contributed by atoms with Crippen molar-refractivity contribution in [2.24, 2.45) is 5.92 Å². The lowest BCUT2D eigenvalue weighted by molar-refractivity contribution is -0.145. The number of thiazole rings is 1. The molecule has 1 saturated heterocycles. The second-order valence-corrected chi connectivity index (χ2v) is 5.45. The summed E-state index contributed by atoms with van der Waals surface area (Å²) in [6, 6.07) is -1.06. The van der Waals surface area contributed by atoms with E-state index in [4.69, 9.17) is 0 Å². The number of urea groups is 1. The van der Waals surface area contributed by atoms with Gasteiger partial charge in [-0.25, -0.2) is 14.6 Å². The molecule has 0 saturated carbocycles. The summed E-state index contributed by atoms with van der Waals surface area (Å²) in [6.07, 6.45) is 1.68. The summed E-state index contributed by atoms with van der Waals surface area (Å²) in [5, 5.41) is 13.8. The van der Waals surface area contributed by atoms with Crippen molar-refractivity contribution < 1.29 is 14.7 Å². The fraction of sp³-hybridized carbons (Fsp3) is 0.583. The SMILES string of the molecule is CC1CCCN(C(=O)NCc2cscn2)C1C(=O)O. The highest BCUT2D eigenvalue weighted by Crippen LogP contribution is 2.23. The van der Waals surface area contributed by atoms with Crippen LogP contribution in [-0.4, -0.2) is 39.6 Å². The van der Waals surface area contributed by atoms with E-state index in [1.54, 1.807) is 5.51 Å². The van der Waals surface area contributed by atoms with Crippen LogP contribution in [0.25, 0.3) is 0 Å². The van der Waals surface area contributed by atoms with Crippen LogP contribution >= 0.6 is 11.3 Å². The van der Waals surface area contributed by atoms with Crippen LogP contribution in [0.5, 0.6) is 0 Å². The average molecular weight is 283 g/mol. The van der Waals surface area contributed by atoms with E-state index in [2.05, 4.69) is 10.3 Å². The molecule has 6 nitrogen and oxygen atoms in total. The molecule has 0 spiro atoms. The number of hydrogen-bond donors (Lipinski definition) is 2. The number of amides is 2. The van der Waals surface area contributed by atoms with E-state index < -0.39 is 12.0 Å². The number of nitrogens with zero attached hydrogens (tertiary/aromatic N) is 2. The molecule has 104 valence electrons. The third-order valence-electron chi connectivity index (χ3n) is 3.35. The molecule has 7 heteroatoms. The van der Waals surface area contributed by atoms with Gasteiger partial charge in [-0.2, -0.15) is 0 Å². The van der Waals surface area contributed by atoms with E-state index in [1.807, 2.05) is 12.3 Å². The number of rotatable bonds is 3. The average Bonchev–Trinajstić information content (AvgIpc) is 2.88. The topological polar surface area (TPSA) is 82.5 Å². The van der Waals surface area contributed by atoms with Gasteiger partial charge < -0.3 is 15.3 Å². The first-order valence-corrected chi connectivity index (χ1v) is 7.18. The maximum atomic E-state index is 12.1. The number of carbonyl (C=O) groups is 2. The highest BCUT2D eigenvalue weighted by molar-refractivity contribution is 7.07. The number of piperidine rings is 1. The Hall–Kier alpha value is -1.63. The number of likely N-dealkylation sites (tertiary alicyclic amines) is 1. The normalized spacial score (nSPS) is 23.1. The van der Waals surface area contributed by atoms with Crippen LogP contribution in [0.4, 0.5) is 4.79 Å². The quantitative estimate of drug-likeness (QED) is 0.881. The summed E-state index contributed by atoms with van der Waals surface area (Å²) in [6.45, 7) is 2.70. The number of aliphatic carboxylic acids is 1. The van der Waals surface area contributed by atoms with Crippen LogP contribution < -0.4 is 5.32 Å². The van der Waals surface area contributed by atoms with Crippen LogP contribution in [-0.2, 0) is 11.3 Å². The van der Waals surface area contributed by atoms with Gasteiger partial charge in [-0.05, 0) is 18.8 Å². The monoisotopic (exact) mass is 283 g/mol. The van der Waals surface area contributed by atoms with Gasteiger partial charge in [0.1, 0.15) is 6.04 Å². The van der Waals surface area contributed by atoms with E-state index in [-0.39, 0.29) is 11.9 Å². The third-order valence-corrected chi connectivity index (χ3v) is 3.99. The fourth-order valence-electron chi connectivity index (χ4n) is 2.38. The van der Waals surface area contributed by atoms with Crippen LogP contribution in [0.2, 0.25) is 0 Å². The van der Waals surface area contributed by atoms with Gasteiger partial charge in [0.2, 0.25) is 0 Å². The van der Waals surface area contributed by atoms with Crippen LogP contribution in [0.15, 0.2) is 10.9 Å². The molecule has 2 amide bonds. The summed E-state index contributed by atoms with van der Waals surface area (Å²) < 4.78 is 0. The molecule has 1 aromatic heterocycles. The summed E-state index contributed by atoms with van der Waals surface area (Å²) in [4.78, 5) is 28.9. The largest absolute Gasteiger partial charge is 0.480 e. The first-order valence-electron chi connectivity index (χ1n) is 6.24. The molecule has 1 aromatic rings. The number of carboxylic acids is 1. The minimum absolute atomic E-state index is 0.0173.